The van der Waals surface area contributed by atoms with Gasteiger partial charge in [0.15, 0.2) is 0 Å². The largest absolute Gasteiger partial charge is 0.342 e. The van der Waals surface area contributed by atoms with E-state index in [1.807, 2.05) is 18.2 Å². The number of hydrazine groups is 1. The third kappa shape index (κ3) is 2.61. The first-order valence-electron chi connectivity index (χ1n) is 6.71. The van der Waals surface area contributed by atoms with E-state index < -0.39 is 6.03 Å². The number of halogens is 1. The molecular formula is C14H14IN3O3. The fourth-order valence-corrected chi connectivity index (χ4v) is 3.23. The van der Waals surface area contributed by atoms with Gasteiger partial charge in [-0.1, -0.05) is 34.7 Å². The quantitative estimate of drug-likeness (QED) is 0.619. The predicted octanol–water partition coefficient (Wildman–Crippen LogP) is 1.48. The molecule has 0 bridgehead atoms. The Morgan fingerprint density at radius 2 is 2.00 bits per heavy atom. The number of fused-ring (bicyclic) bond motifs is 1. The maximum atomic E-state index is 12.4. The number of carbonyl (C=O) groups excluding carboxylic acids is 3. The molecule has 0 aromatic heterocycles. The average Bonchev–Trinajstić information content (AvgIpc) is 2.76. The van der Waals surface area contributed by atoms with Gasteiger partial charge in [-0.25, -0.2) is 14.8 Å². The van der Waals surface area contributed by atoms with Crippen LogP contribution >= 0.6 is 22.6 Å². The molecule has 1 aromatic carbocycles. The molecule has 0 unspecified atom stereocenters. The molecular weight excluding hydrogens is 385 g/mol. The van der Waals surface area contributed by atoms with Crippen molar-refractivity contribution in [3.8, 4) is 0 Å². The number of rotatable bonds is 3. The molecule has 0 saturated carbocycles. The van der Waals surface area contributed by atoms with Gasteiger partial charge in [-0.05, 0) is 23.6 Å². The molecule has 1 fully saturated rings. The summed E-state index contributed by atoms with van der Waals surface area (Å²) in [7, 11) is 0. The molecule has 2 heterocycles. The summed E-state index contributed by atoms with van der Waals surface area (Å²) < 4.78 is 1.02. The Hall–Kier alpha value is -1.64. The molecule has 21 heavy (non-hydrogen) atoms. The number of nitrogens with zero attached hydrogens (tertiary/aromatic N) is 2. The molecule has 1 saturated heterocycles. The second kappa shape index (κ2) is 5.63. The van der Waals surface area contributed by atoms with E-state index in [9.17, 15) is 14.4 Å². The molecule has 0 radical (unpaired) electrons. The number of hydrogen-bond donors (Lipinski definition) is 1. The minimum atomic E-state index is -0.528. The van der Waals surface area contributed by atoms with E-state index in [1.54, 1.807) is 0 Å². The Balaban J connectivity index is 1.83. The Bertz CT molecular complexity index is 632. The number of urea groups is 1. The highest BCUT2D eigenvalue weighted by Crippen LogP contribution is 2.26. The lowest BCUT2D eigenvalue weighted by Crippen LogP contribution is -2.56. The van der Waals surface area contributed by atoms with Gasteiger partial charge in [-0.2, -0.15) is 0 Å². The summed E-state index contributed by atoms with van der Waals surface area (Å²) in [5, 5.41) is 4.98. The van der Waals surface area contributed by atoms with Gasteiger partial charge in [0.1, 0.15) is 0 Å². The Labute approximate surface area is 135 Å². The zero-order valence-electron chi connectivity index (χ0n) is 11.3. The minimum Gasteiger partial charge on any atom is -0.276 e. The van der Waals surface area contributed by atoms with Crippen LogP contribution < -0.4 is 5.32 Å². The molecule has 2 aliphatic rings. The monoisotopic (exact) mass is 399 g/mol. The van der Waals surface area contributed by atoms with Gasteiger partial charge in [0, 0.05) is 16.4 Å². The van der Waals surface area contributed by atoms with Crippen molar-refractivity contribution >= 4 is 40.4 Å². The summed E-state index contributed by atoms with van der Waals surface area (Å²) in [4.78, 5) is 35.5. The van der Waals surface area contributed by atoms with E-state index in [1.165, 1.54) is 15.6 Å². The first-order valence-corrected chi connectivity index (χ1v) is 8.23. The van der Waals surface area contributed by atoms with Crippen LogP contribution in [0.5, 0.6) is 0 Å². The number of carbonyl (C=O) groups is 3. The van der Waals surface area contributed by atoms with Crippen LogP contribution in [0.3, 0.4) is 0 Å². The molecule has 110 valence electrons. The highest BCUT2D eigenvalue weighted by molar-refractivity contribution is 14.1. The van der Waals surface area contributed by atoms with Crippen LogP contribution in [-0.2, 0) is 17.8 Å². The van der Waals surface area contributed by atoms with Crippen LogP contribution in [0.1, 0.15) is 27.9 Å². The van der Waals surface area contributed by atoms with Gasteiger partial charge in [0.2, 0.25) is 5.91 Å². The lowest BCUT2D eigenvalue weighted by atomic mass is 10.0. The summed E-state index contributed by atoms with van der Waals surface area (Å²) in [6.07, 6.45) is 1.17. The van der Waals surface area contributed by atoms with E-state index in [2.05, 4.69) is 27.9 Å². The van der Waals surface area contributed by atoms with Crippen LogP contribution in [0.4, 0.5) is 4.79 Å². The third-order valence-corrected chi connectivity index (χ3v) is 4.20. The van der Waals surface area contributed by atoms with E-state index in [4.69, 9.17) is 0 Å². The molecule has 6 nitrogen and oxygen atoms in total. The standard InChI is InChI=1S/C14H14IN3O3/c15-5-3-9-1-2-11-10(7-9)8-18(13(11)20)17-6-4-12(19)16-14(17)21/h1-2,7H,3-6,8H2,(H,16,19,21). The fourth-order valence-electron chi connectivity index (χ4n) is 2.60. The number of amides is 4. The summed E-state index contributed by atoms with van der Waals surface area (Å²) in [6.45, 7) is 0.621. The molecule has 1 aromatic rings. The summed E-state index contributed by atoms with van der Waals surface area (Å²) in [5.74, 6) is -0.486. The molecule has 0 spiro atoms. The number of nitrogens with one attached hydrogen (secondary N) is 1. The number of aryl methyl sites for hydroxylation is 1. The van der Waals surface area contributed by atoms with Crippen molar-refractivity contribution in [3.05, 3.63) is 34.9 Å². The molecule has 3 rings (SSSR count). The first-order chi connectivity index (χ1) is 10.1. The zero-order chi connectivity index (χ0) is 15.0. The van der Waals surface area contributed by atoms with Crippen molar-refractivity contribution in [3.63, 3.8) is 0 Å². The van der Waals surface area contributed by atoms with E-state index in [0.717, 1.165) is 16.4 Å². The first kappa shape index (κ1) is 14.3. The van der Waals surface area contributed by atoms with Gasteiger partial charge < -0.3 is 0 Å². The third-order valence-electron chi connectivity index (χ3n) is 3.66. The minimum absolute atomic E-state index is 0.185. The average molecular weight is 399 g/mol. The van der Waals surface area contributed by atoms with E-state index in [0.29, 0.717) is 12.1 Å². The molecule has 0 atom stereocenters. The van der Waals surface area contributed by atoms with Gasteiger partial charge in [0.25, 0.3) is 5.91 Å². The molecule has 2 aliphatic heterocycles. The summed E-state index contributed by atoms with van der Waals surface area (Å²) in [5.41, 5.74) is 2.76. The van der Waals surface area contributed by atoms with Gasteiger partial charge in [-0.15, -0.1) is 0 Å². The molecule has 1 N–H and O–H groups in total. The maximum Gasteiger partial charge on any atom is 0.342 e. The van der Waals surface area contributed by atoms with Crippen molar-refractivity contribution in [2.24, 2.45) is 0 Å². The smallest absolute Gasteiger partial charge is 0.276 e. The van der Waals surface area contributed by atoms with Crippen LogP contribution in [0, 0.1) is 0 Å². The topological polar surface area (TPSA) is 69.7 Å². The Kier molecular flexibility index (Phi) is 3.83. The van der Waals surface area contributed by atoms with Crippen LogP contribution in [-0.4, -0.2) is 38.8 Å². The highest BCUT2D eigenvalue weighted by Gasteiger charge is 2.36. The van der Waals surface area contributed by atoms with Crippen LogP contribution in [0.2, 0.25) is 0 Å². The second-order valence-corrected chi connectivity index (χ2v) is 6.10. The van der Waals surface area contributed by atoms with Gasteiger partial charge in [0.05, 0.1) is 13.1 Å². The Morgan fingerprint density at radius 1 is 1.19 bits per heavy atom. The number of alkyl halides is 1. The normalized spacial score (nSPS) is 18.0. The van der Waals surface area contributed by atoms with Crippen molar-refractivity contribution in [1.29, 1.82) is 0 Å². The van der Waals surface area contributed by atoms with Gasteiger partial charge >= 0.3 is 6.03 Å². The zero-order valence-corrected chi connectivity index (χ0v) is 13.4. The lowest BCUT2D eigenvalue weighted by molar-refractivity contribution is -0.123. The maximum absolute atomic E-state index is 12.4. The summed E-state index contributed by atoms with van der Waals surface area (Å²) >= 11 is 2.32. The number of benzene rings is 1. The lowest BCUT2D eigenvalue weighted by Gasteiger charge is -2.33. The molecule has 4 amide bonds. The van der Waals surface area contributed by atoms with Crippen molar-refractivity contribution in [1.82, 2.24) is 15.3 Å². The molecule has 7 heteroatoms. The Morgan fingerprint density at radius 3 is 2.71 bits per heavy atom. The van der Waals surface area contributed by atoms with Gasteiger partial charge in [-0.3, -0.25) is 14.9 Å². The van der Waals surface area contributed by atoms with Crippen LogP contribution in [0.15, 0.2) is 18.2 Å². The number of hydrogen-bond acceptors (Lipinski definition) is 3. The predicted molar refractivity (Wildman–Crippen MR) is 83.8 cm³/mol. The summed E-state index contributed by atoms with van der Waals surface area (Å²) in [6, 6.07) is 5.28. The van der Waals surface area contributed by atoms with Crippen molar-refractivity contribution in [2.75, 3.05) is 11.0 Å². The van der Waals surface area contributed by atoms with Crippen molar-refractivity contribution < 1.29 is 14.4 Å². The van der Waals surface area contributed by atoms with Crippen molar-refractivity contribution in [2.45, 2.75) is 19.4 Å². The SMILES string of the molecule is O=C1CCN(N2Cc3cc(CCI)ccc3C2=O)C(=O)N1. The number of imide groups is 1. The molecule has 0 aliphatic carbocycles. The van der Waals surface area contributed by atoms with Crippen LogP contribution in [0.25, 0.3) is 0 Å². The van der Waals surface area contributed by atoms with E-state index in [-0.39, 0.29) is 24.8 Å². The highest BCUT2D eigenvalue weighted by atomic mass is 127. The fraction of sp³-hybridized carbons (Fsp3) is 0.357. The second-order valence-electron chi connectivity index (χ2n) is 5.02. The van der Waals surface area contributed by atoms with E-state index >= 15 is 0 Å².